The summed E-state index contributed by atoms with van der Waals surface area (Å²) in [6, 6.07) is 7.17. The minimum Gasteiger partial charge on any atom is -0.331 e. The van der Waals surface area contributed by atoms with Crippen molar-refractivity contribution >= 4 is 17.5 Å². The molecule has 1 N–H and O–H groups in total. The molecule has 1 aliphatic heterocycles. The first kappa shape index (κ1) is 15.9. The van der Waals surface area contributed by atoms with E-state index in [1.807, 2.05) is 29.7 Å². The van der Waals surface area contributed by atoms with Crippen molar-refractivity contribution < 1.29 is 9.59 Å². The predicted octanol–water partition coefficient (Wildman–Crippen LogP) is 1.55. The highest BCUT2D eigenvalue weighted by molar-refractivity contribution is 5.99. The van der Waals surface area contributed by atoms with Crippen molar-refractivity contribution in [1.82, 2.24) is 19.7 Å². The molecule has 1 aromatic heterocycles. The Morgan fingerprint density at radius 3 is 2.96 bits per heavy atom. The summed E-state index contributed by atoms with van der Waals surface area (Å²) in [7, 11) is 0. The minimum atomic E-state index is -0.297. The second kappa shape index (κ2) is 6.66. The van der Waals surface area contributed by atoms with Crippen LogP contribution in [0.2, 0.25) is 0 Å². The van der Waals surface area contributed by atoms with Gasteiger partial charge in [-0.3, -0.25) is 9.59 Å². The Morgan fingerprint density at radius 1 is 1.38 bits per heavy atom. The Balaban J connectivity index is 1.76. The Kier molecular flexibility index (Phi) is 4.41. The molecule has 1 atom stereocenters. The predicted molar refractivity (Wildman–Crippen MR) is 89.1 cm³/mol. The summed E-state index contributed by atoms with van der Waals surface area (Å²) in [5.41, 5.74) is 1.40. The Hall–Kier alpha value is -2.96. The first-order valence-electron chi connectivity index (χ1n) is 7.78. The van der Waals surface area contributed by atoms with Crippen LogP contribution in [0.4, 0.5) is 5.69 Å². The fraction of sp³-hybridized carbons (Fsp3) is 0.294. The number of amides is 2. The molecular weight excluding hydrogens is 306 g/mol. The van der Waals surface area contributed by atoms with Gasteiger partial charge in [0.15, 0.2) is 5.82 Å². The number of anilines is 1. The lowest BCUT2D eigenvalue weighted by Gasteiger charge is -2.33. The molecule has 0 fully saturated rings. The van der Waals surface area contributed by atoms with E-state index in [2.05, 4.69) is 22.1 Å². The number of nitrogens with zero attached hydrogens (tertiary/aromatic N) is 4. The van der Waals surface area contributed by atoms with Gasteiger partial charge in [-0.15, -0.1) is 10.2 Å². The second-order valence-electron chi connectivity index (χ2n) is 5.67. The molecule has 2 heterocycles. The zero-order valence-electron chi connectivity index (χ0n) is 13.5. The third-order valence-corrected chi connectivity index (χ3v) is 4.19. The van der Waals surface area contributed by atoms with Crippen LogP contribution in [-0.4, -0.2) is 38.0 Å². The van der Waals surface area contributed by atoms with Crippen molar-refractivity contribution in [3.8, 4) is 0 Å². The van der Waals surface area contributed by atoms with Crippen LogP contribution in [0.1, 0.15) is 24.4 Å². The number of carbonyl (C=O) groups excluding carboxylic acids is 2. The topological polar surface area (TPSA) is 80.1 Å². The van der Waals surface area contributed by atoms with E-state index in [1.54, 1.807) is 17.3 Å². The number of aromatic nitrogens is 3. The van der Waals surface area contributed by atoms with E-state index in [4.69, 9.17) is 0 Å². The molecule has 2 amide bonds. The fourth-order valence-electron chi connectivity index (χ4n) is 2.89. The molecule has 1 aliphatic rings. The molecule has 2 aromatic rings. The summed E-state index contributed by atoms with van der Waals surface area (Å²) in [5, 5.41) is 10.7. The second-order valence-corrected chi connectivity index (χ2v) is 5.67. The van der Waals surface area contributed by atoms with Gasteiger partial charge >= 0.3 is 0 Å². The molecule has 7 nitrogen and oxygen atoms in total. The van der Waals surface area contributed by atoms with Crippen LogP contribution in [0, 0.1) is 0 Å². The van der Waals surface area contributed by atoms with Crippen molar-refractivity contribution in [2.45, 2.75) is 25.9 Å². The average molecular weight is 325 g/mol. The van der Waals surface area contributed by atoms with Crippen molar-refractivity contribution in [2.24, 2.45) is 0 Å². The molecule has 1 unspecified atom stereocenters. The van der Waals surface area contributed by atoms with Crippen LogP contribution < -0.4 is 5.32 Å². The van der Waals surface area contributed by atoms with E-state index < -0.39 is 0 Å². The van der Waals surface area contributed by atoms with Gasteiger partial charge in [-0.2, -0.15) is 0 Å². The summed E-state index contributed by atoms with van der Waals surface area (Å²) < 4.78 is 1.96. The van der Waals surface area contributed by atoms with E-state index in [1.165, 1.54) is 6.08 Å². The summed E-state index contributed by atoms with van der Waals surface area (Å²) in [6.45, 7) is 6.70. The molecule has 3 rings (SSSR count). The van der Waals surface area contributed by atoms with Crippen molar-refractivity contribution in [2.75, 3.05) is 11.9 Å². The van der Waals surface area contributed by atoms with Crippen molar-refractivity contribution in [3.05, 3.63) is 54.6 Å². The van der Waals surface area contributed by atoms with Gasteiger partial charge in [0.2, 0.25) is 11.8 Å². The zero-order chi connectivity index (χ0) is 17.1. The number of hydrogen-bond donors (Lipinski definition) is 1. The maximum absolute atomic E-state index is 12.8. The first-order chi connectivity index (χ1) is 11.6. The zero-order valence-corrected chi connectivity index (χ0v) is 13.5. The van der Waals surface area contributed by atoms with Crippen LogP contribution >= 0.6 is 0 Å². The average Bonchev–Trinajstić information content (AvgIpc) is 3.06. The monoisotopic (exact) mass is 325 g/mol. The number of fused-ring (bicyclic) bond motifs is 1. The molecule has 124 valence electrons. The number of para-hydroxylation sites is 1. The lowest BCUT2D eigenvalue weighted by molar-refractivity contribution is -0.133. The van der Waals surface area contributed by atoms with Crippen LogP contribution in [0.3, 0.4) is 0 Å². The summed E-state index contributed by atoms with van der Waals surface area (Å²) in [6.07, 6.45) is 3.11. The Bertz CT molecular complexity index is 783. The third kappa shape index (κ3) is 3.05. The van der Waals surface area contributed by atoms with Gasteiger partial charge in [-0.05, 0) is 24.6 Å². The first-order valence-corrected chi connectivity index (χ1v) is 7.78. The van der Waals surface area contributed by atoms with Crippen LogP contribution in [-0.2, 0) is 22.6 Å². The fourth-order valence-corrected chi connectivity index (χ4v) is 2.89. The molecular formula is C17H19N5O2. The minimum absolute atomic E-state index is 0.00273. The van der Waals surface area contributed by atoms with Crippen molar-refractivity contribution in [3.63, 3.8) is 0 Å². The van der Waals surface area contributed by atoms with Crippen LogP contribution in [0.5, 0.6) is 0 Å². The highest BCUT2D eigenvalue weighted by Gasteiger charge is 2.29. The standard InChI is InChI=1S/C17H19N5O2/c1-3-15(23)19-14-7-5-4-6-13(14)10-16(24)22-9-8-21-11-18-20-17(21)12(22)2/h3-7,11-12H,1,8-10H2,2H3,(H,19,23). The lowest BCUT2D eigenvalue weighted by Crippen LogP contribution is -2.41. The molecule has 0 spiro atoms. The van der Waals surface area contributed by atoms with E-state index in [-0.39, 0.29) is 24.3 Å². The Morgan fingerprint density at radius 2 is 2.17 bits per heavy atom. The van der Waals surface area contributed by atoms with E-state index >= 15 is 0 Å². The maximum Gasteiger partial charge on any atom is 0.247 e. The van der Waals surface area contributed by atoms with Crippen LogP contribution in [0.25, 0.3) is 0 Å². The van der Waals surface area contributed by atoms with E-state index in [9.17, 15) is 9.59 Å². The molecule has 7 heteroatoms. The molecule has 24 heavy (non-hydrogen) atoms. The number of carbonyl (C=O) groups is 2. The van der Waals surface area contributed by atoms with Gasteiger partial charge in [-0.25, -0.2) is 0 Å². The molecule has 0 aliphatic carbocycles. The van der Waals surface area contributed by atoms with E-state index in [0.717, 1.165) is 11.4 Å². The summed E-state index contributed by atoms with van der Waals surface area (Å²) >= 11 is 0. The highest BCUT2D eigenvalue weighted by atomic mass is 16.2. The number of benzene rings is 1. The van der Waals surface area contributed by atoms with Gasteiger partial charge in [-0.1, -0.05) is 24.8 Å². The molecule has 1 aromatic carbocycles. The number of nitrogens with one attached hydrogen (secondary N) is 1. The van der Waals surface area contributed by atoms with Gasteiger partial charge in [0.25, 0.3) is 0 Å². The number of hydrogen-bond acceptors (Lipinski definition) is 4. The van der Waals surface area contributed by atoms with Gasteiger partial charge in [0.05, 0.1) is 12.5 Å². The highest BCUT2D eigenvalue weighted by Crippen LogP contribution is 2.24. The quantitative estimate of drug-likeness (QED) is 0.865. The van der Waals surface area contributed by atoms with Crippen LogP contribution in [0.15, 0.2) is 43.2 Å². The normalized spacial score (nSPS) is 16.4. The van der Waals surface area contributed by atoms with Gasteiger partial charge < -0.3 is 14.8 Å². The SMILES string of the molecule is C=CC(=O)Nc1ccccc1CC(=O)N1CCn2cnnc2C1C. The summed E-state index contributed by atoms with van der Waals surface area (Å²) in [4.78, 5) is 26.1. The molecule has 0 bridgehead atoms. The van der Waals surface area contributed by atoms with Crippen molar-refractivity contribution in [1.29, 1.82) is 0 Å². The molecule has 0 saturated carbocycles. The largest absolute Gasteiger partial charge is 0.331 e. The smallest absolute Gasteiger partial charge is 0.247 e. The number of rotatable bonds is 4. The van der Waals surface area contributed by atoms with Gasteiger partial charge in [0.1, 0.15) is 6.33 Å². The van der Waals surface area contributed by atoms with E-state index in [0.29, 0.717) is 18.8 Å². The summed E-state index contributed by atoms with van der Waals surface area (Å²) in [5.74, 6) is 0.495. The maximum atomic E-state index is 12.8. The molecule has 0 radical (unpaired) electrons. The lowest BCUT2D eigenvalue weighted by atomic mass is 10.1. The third-order valence-electron chi connectivity index (χ3n) is 4.19. The molecule has 0 saturated heterocycles. The Labute approximate surface area is 140 Å². The van der Waals surface area contributed by atoms with Gasteiger partial charge in [0, 0.05) is 18.8 Å².